The molecule has 0 radical (unpaired) electrons. The highest BCUT2D eigenvalue weighted by Crippen LogP contribution is 2.43. The number of fused-ring (bicyclic) bond motifs is 2. The highest BCUT2D eigenvalue weighted by molar-refractivity contribution is 6.12. The summed E-state index contributed by atoms with van der Waals surface area (Å²) in [6.45, 7) is 0. The van der Waals surface area contributed by atoms with Crippen LogP contribution in [0.25, 0.3) is 32.9 Å². The molecule has 0 saturated heterocycles. The lowest BCUT2D eigenvalue weighted by Gasteiger charge is -2.27. The van der Waals surface area contributed by atoms with E-state index >= 15 is 0 Å². The van der Waals surface area contributed by atoms with Gasteiger partial charge in [0, 0.05) is 35.3 Å². The third-order valence-corrected chi connectivity index (χ3v) is 5.80. The van der Waals surface area contributed by atoms with Crippen LogP contribution in [0.15, 0.2) is 36.5 Å². The van der Waals surface area contributed by atoms with E-state index in [1.54, 1.807) is 29.0 Å². The normalized spacial score (nSPS) is 14.4. The molecule has 5 nitrogen and oxygen atoms in total. The van der Waals surface area contributed by atoms with E-state index in [4.69, 9.17) is 10.5 Å². The molecule has 0 spiro atoms. The van der Waals surface area contributed by atoms with Crippen LogP contribution in [0.4, 0.5) is 14.5 Å². The Balaban J connectivity index is 1.81. The maximum Gasteiger partial charge on any atom is 0.203 e. The largest absolute Gasteiger partial charge is 0.497 e. The van der Waals surface area contributed by atoms with Crippen molar-refractivity contribution in [2.75, 3.05) is 12.8 Å². The number of benzene rings is 2. The maximum absolute atomic E-state index is 14.7. The summed E-state index contributed by atoms with van der Waals surface area (Å²) in [7, 11) is 1.35. The van der Waals surface area contributed by atoms with Gasteiger partial charge in [0.1, 0.15) is 17.4 Å². The molecule has 29 heavy (non-hydrogen) atoms. The van der Waals surface area contributed by atoms with Crippen molar-refractivity contribution >= 4 is 27.5 Å². The number of anilines is 1. The molecule has 2 aromatic heterocycles. The molecule has 148 valence electrons. The Bertz CT molecular complexity index is 1260. The second kappa shape index (κ2) is 6.34. The van der Waals surface area contributed by atoms with Crippen LogP contribution in [0.5, 0.6) is 11.6 Å². The number of aromatic nitrogens is 2. The van der Waals surface area contributed by atoms with Gasteiger partial charge < -0.3 is 20.1 Å². The van der Waals surface area contributed by atoms with E-state index in [1.165, 1.54) is 7.11 Å². The van der Waals surface area contributed by atoms with Crippen molar-refractivity contribution < 1.29 is 18.6 Å². The van der Waals surface area contributed by atoms with Gasteiger partial charge in [0.15, 0.2) is 0 Å². The number of para-hydroxylation sites is 1. The summed E-state index contributed by atoms with van der Waals surface area (Å²) in [6.07, 6.45) is 4.86. The summed E-state index contributed by atoms with van der Waals surface area (Å²) in [4.78, 5) is 4.64. The fourth-order valence-corrected chi connectivity index (χ4v) is 4.05. The Kier molecular flexibility index (Phi) is 3.87. The van der Waals surface area contributed by atoms with E-state index in [2.05, 4.69) is 4.98 Å². The van der Waals surface area contributed by atoms with Crippen LogP contribution >= 0.6 is 0 Å². The van der Waals surface area contributed by atoms with Crippen molar-refractivity contribution in [3.8, 4) is 22.8 Å². The molecule has 1 aliphatic carbocycles. The second-order valence-electron chi connectivity index (χ2n) is 7.40. The molecule has 0 amide bonds. The third-order valence-electron chi connectivity index (χ3n) is 5.80. The quantitative estimate of drug-likeness (QED) is 0.503. The molecule has 1 saturated carbocycles. The number of nitrogens with two attached hydrogens (primary N) is 1. The van der Waals surface area contributed by atoms with E-state index in [-0.39, 0.29) is 23.2 Å². The molecule has 4 aromatic rings. The highest BCUT2D eigenvalue weighted by atomic mass is 19.1. The van der Waals surface area contributed by atoms with Gasteiger partial charge in [0.25, 0.3) is 0 Å². The van der Waals surface area contributed by atoms with Crippen molar-refractivity contribution in [1.29, 1.82) is 0 Å². The summed E-state index contributed by atoms with van der Waals surface area (Å²) < 4.78 is 36.2. The fraction of sp³-hybridized carbons (Fsp3) is 0.227. The topological polar surface area (TPSA) is 73.3 Å². The van der Waals surface area contributed by atoms with Crippen molar-refractivity contribution in [1.82, 2.24) is 9.55 Å². The van der Waals surface area contributed by atoms with Crippen LogP contribution in [0, 0.1) is 11.6 Å². The molecule has 0 unspecified atom stereocenters. The molecular formula is C22H19F2N3O2. The lowest BCUT2D eigenvalue weighted by Crippen LogP contribution is -2.15. The minimum Gasteiger partial charge on any atom is -0.497 e. The van der Waals surface area contributed by atoms with Gasteiger partial charge in [-0.2, -0.15) is 0 Å². The first kappa shape index (κ1) is 17.7. The summed E-state index contributed by atoms with van der Waals surface area (Å²) in [5.74, 6) is -1.31. The molecular weight excluding hydrogens is 376 g/mol. The smallest absolute Gasteiger partial charge is 0.203 e. The predicted octanol–water partition coefficient (Wildman–Crippen LogP) is 5.16. The van der Waals surface area contributed by atoms with Crippen LogP contribution in [-0.4, -0.2) is 21.8 Å². The van der Waals surface area contributed by atoms with Gasteiger partial charge >= 0.3 is 0 Å². The zero-order chi connectivity index (χ0) is 20.3. The zero-order valence-corrected chi connectivity index (χ0v) is 15.7. The first-order valence-corrected chi connectivity index (χ1v) is 9.44. The molecule has 2 heterocycles. The standard InChI is InChI=1S/C22H19F2N3O2/c1-29-12-8-15(23)18(16(24)9-12)13-6-3-7-14-20(25)19-17(26-21(13)14)10-27(22(19)28)11-4-2-5-11/h3,6-11,28H,2,4-5,25H2,1H3. The van der Waals surface area contributed by atoms with Crippen LogP contribution in [0.3, 0.4) is 0 Å². The molecule has 1 aliphatic rings. The number of halogens is 2. The van der Waals surface area contributed by atoms with Gasteiger partial charge in [-0.25, -0.2) is 13.8 Å². The number of pyridine rings is 1. The molecule has 1 fully saturated rings. The Labute approximate surface area is 165 Å². The molecule has 0 aliphatic heterocycles. The van der Waals surface area contributed by atoms with Crippen molar-refractivity contribution in [3.05, 3.63) is 48.2 Å². The van der Waals surface area contributed by atoms with Gasteiger partial charge in [0.2, 0.25) is 5.88 Å². The Morgan fingerprint density at radius 2 is 1.93 bits per heavy atom. The number of nitrogens with zero attached hydrogens (tertiary/aromatic N) is 2. The van der Waals surface area contributed by atoms with Crippen molar-refractivity contribution in [2.24, 2.45) is 0 Å². The molecule has 0 atom stereocenters. The Hall–Kier alpha value is -3.35. The average Bonchev–Trinajstić information content (AvgIpc) is 2.96. The van der Waals surface area contributed by atoms with Gasteiger partial charge in [-0.15, -0.1) is 0 Å². The number of ether oxygens (including phenoxy) is 1. The van der Waals surface area contributed by atoms with E-state index in [1.807, 2.05) is 0 Å². The molecule has 7 heteroatoms. The summed E-state index contributed by atoms with van der Waals surface area (Å²) in [6, 6.07) is 7.51. The van der Waals surface area contributed by atoms with Gasteiger partial charge in [-0.05, 0) is 19.3 Å². The summed E-state index contributed by atoms with van der Waals surface area (Å²) >= 11 is 0. The van der Waals surface area contributed by atoms with Crippen LogP contribution < -0.4 is 10.5 Å². The van der Waals surface area contributed by atoms with E-state index < -0.39 is 11.6 Å². The highest BCUT2D eigenvalue weighted by Gasteiger charge is 2.26. The number of methoxy groups -OCH3 is 1. The van der Waals surface area contributed by atoms with Crippen LogP contribution in [0.1, 0.15) is 25.3 Å². The lowest BCUT2D eigenvalue weighted by atomic mass is 9.93. The maximum atomic E-state index is 14.7. The molecule has 0 bridgehead atoms. The SMILES string of the molecule is COc1cc(F)c(-c2cccc3c(N)c4c(O)n(C5CCC5)cc4nc23)c(F)c1. The van der Waals surface area contributed by atoms with E-state index in [0.29, 0.717) is 33.1 Å². The van der Waals surface area contributed by atoms with Crippen molar-refractivity contribution in [2.45, 2.75) is 25.3 Å². The number of hydrogen-bond acceptors (Lipinski definition) is 4. The number of rotatable bonds is 3. The fourth-order valence-electron chi connectivity index (χ4n) is 4.05. The zero-order valence-electron chi connectivity index (χ0n) is 15.7. The first-order chi connectivity index (χ1) is 14.0. The Morgan fingerprint density at radius 1 is 1.21 bits per heavy atom. The predicted molar refractivity (Wildman–Crippen MR) is 108 cm³/mol. The first-order valence-electron chi connectivity index (χ1n) is 9.44. The minimum atomic E-state index is -0.746. The summed E-state index contributed by atoms with van der Waals surface area (Å²) in [5.41, 5.74) is 7.71. The Morgan fingerprint density at radius 3 is 2.55 bits per heavy atom. The lowest BCUT2D eigenvalue weighted by molar-refractivity contribution is 0.283. The monoisotopic (exact) mass is 395 g/mol. The van der Waals surface area contributed by atoms with Gasteiger partial charge in [-0.1, -0.05) is 18.2 Å². The molecule has 5 rings (SSSR count). The minimum absolute atomic E-state index is 0.0869. The van der Waals surface area contributed by atoms with Crippen molar-refractivity contribution in [3.63, 3.8) is 0 Å². The number of aromatic hydroxyl groups is 1. The third kappa shape index (κ3) is 2.53. The van der Waals surface area contributed by atoms with E-state index in [0.717, 1.165) is 31.4 Å². The number of nitrogen functional groups attached to an aromatic ring is 1. The molecule has 2 aromatic carbocycles. The van der Waals surface area contributed by atoms with E-state index in [9.17, 15) is 13.9 Å². The van der Waals surface area contributed by atoms with Gasteiger partial charge in [0.05, 0.1) is 34.8 Å². The van der Waals surface area contributed by atoms with Crippen LogP contribution in [0.2, 0.25) is 0 Å². The average molecular weight is 395 g/mol. The molecule has 3 N–H and O–H groups in total. The number of hydrogen-bond donors (Lipinski definition) is 2. The van der Waals surface area contributed by atoms with Gasteiger partial charge in [-0.3, -0.25) is 0 Å². The second-order valence-corrected chi connectivity index (χ2v) is 7.40. The van der Waals surface area contributed by atoms with Crippen LogP contribution in [-0.2, 0) is 0 Å². The summed E-state index contributed by atoms with van der Waals surface area (Å²) in [5, 5.41) is 11.7.